The fraction of sp³-hybridized carbons (Fsp3) is 0.259. The number of alkyl halides is 3. The molecule has 0 aliphatic heterocycles. The van der Waals surface area contributed by atoms with Gasteiger partial charge in [-0.1, -0.05) is 6.92 Å². The Morgan fingerprint density at radius 2 is 1.78 bits per heavy atom. The molecule has 0 bridgehead atoms. The van der Waals surface area contributed by atoms with Crippen LogP contribution in [0.15, 0.2) is 53.6 Å². The second kappa shape index (κ2) is 14.0. The van der Waals surface area contributed by atoms with Crippen molar-refractivity contribution >= 4 is 40.4 Å². The molecular weight excluding hydrogens is 662 g/mol. The zero-order valence-corrected chi connectivity index (χ0v) is 24.2. The first-order chi connectivity index (χ1) is 19.5. The topological polar surface area (TPSA) is 122 Å². The summed E-state index contributed by atoms with van der Waals surface area (Å²) < 4.78 is 61.8. The minimum Gasteiger partial charge on any atom is -0.493 e. The van der Waals surface area contributed by atoms with Crippen LogP contribution < -0.4 is 24.4 Å². The SMILES string of the molecule is CCCOc1ccc(C(=O)N/N=C/c2cc(I)c(Oc3ccc(C(F)(F)F)cc3[N+](=O)[O-])c(OCC)c2)cc1OC. The number of hydrogen-bond donors (Lipinski definition) is 1. The summed E-state index contributed by atoms with van der Waals surface area (Å²) in [6, 6.07) is 9.81. The number of carbonyl (C=O) groups excluding carboxylic acids is 1. The van der Waals surface area contributed by atoms with Gasteiger partial charge in [0.05, 0.1) is 40.6 Å². The van der Waals surface area contributed by atoms with E-state index < -0.39 is 34.0 Å². The Kier molecular flexibility index (Phi) is 10.7. The van der Waals surface area contributed by atoms with Crippen molar-refractivity contribution < 1.29 is 41.8 Å². The van der Waals surface area contributed by atoms with Crippen LogP contribution in [-0.4, -0.2) is 37.4 Å². The highest BCUT2D eigenvalue weighted by Crippen LogP contribution is 2.42. The van der Waals surface area contributed by atoms with Crippen LogP contribution in [0.5, 0.6) is 28.7 Å². The maximum absolute atomic E-state index is 13.1. The largest absolute Gasteiger partial charge is 0.493 e. The van der Waals surface area contributed by atoms with Crippen molar-refractivity contribution in [1.29, 1.82) is 0 Å². The molecule has 0 aromatic heterocycles. The number of amides is 1. The number of nitro groups is 1. The number of nitro benzene ring substituents is 1. The van der Waals surface area contributed by atoms with E-state index in [0.29, 0.717) is 39.4 Å². The van der Waals surface area contributed by atoms with Gasteiger partial charge in [0, 0.05) is 11.6 Å². The predicted molar refractivity (Wildman–Crippen MR) is 152 cm³/mol. The third-order valence-electron chi connectivity index (χ3n) is 5.29. The Bertz CT molecular complexity index is 1450. The van der Waals surface area contributed by atoms with Crippen LogP contribution in [0.3, 0.4) is 0 Å². The predicted octanol–water partition coefficient (Wildman–Crippen LogP) is 6.97. The van der Waals surface area contributed by atoms with Crippen molar-refractivity contribution in [1.82, 2.24) is 5.43 Å². The number of methoxy groups -OCH3 is 1. The van der Waals surface area contributed by atoms with Crippen molar-refractivity contribution in [3.05, 3.63) is 78.9 Å². The van der Waals surface area contributed by atoms with Crippen LogP contribution >= 0.6 is 22.6 Å². The molecular formula is C27H25F3IN3O7. The maximum atomic E-state index is 13.1. The molecule has 0 atom stereocenters. The Morgan fingerprint density at radius 3 is 2.41 bits per heavy atom. The number of hydrazone groups is 1. The van der Waals surface area contributed by atoms with Crippen LogP contribution in [0.25, 0.3) is 0 Å². The van der Waals surface area contributed by atoms with Gasteiger partial charge in [0.25, 0.3) is 5.91 Å². The summed E-state index contributed by atoms with van der Waals surface area (Å²) in [4.78, 5) is 23.1. The van der Waals surface area contributed by atoms with Crippen molar-refractivity contribution in [3.63, 3.8) is 0 Å². The van der Waals surface area contributed by atoms with E-state index in [-0.39, 0.29) is 23.7 Å². The van der Waals surface area contributed by atoms with Crippen molar-refractivity contribution in [2.24, 2.45) is 5.10 Å². The van der Waals surface area contributed by atoms with Crippen molar-refractivity contribution in [2.75, 3.05) is 20.3 Å². The third kappa shape index (κ3) is 8.22. The first kappa shape index (κ1) is 31.4. The van der Waals surface area contributed by atoms with Crippen LogP contribution in [-0.2, 0) is 6.18 Å². The van der Waals surface area contributed by atoms with E-state index in [1.54, 1.807) is 25.1 Å². The highest BCUT2D eigenvalue weighted by molar-refractivity contribution is 14.1. The summed E-state index contributed by atoms with van der Waals surface area (Å²) in [5.74, 6) is 0.238. The van der Waals surface area contributed by atoms with Crippen LogP contribution in [0, 0.1) is 13.7 Å². The standard InChI is InChI=1S/C27H25F3IN3O7/c1-4-10-40-22-8-6-17(13-23(22)38-3)26(35)33-32-15-16-11-19(31)25(24(12-16)39-5-2)41-21-9-7-18(27(28,29)30)14-20(21)34(36)37/h6-9,11-15H,4-5,10H2,1-3H3,(H,33,35)/b32-15+. The monoisotopic (exact) mass is 687 g/mol. The third-order valence-corrected chi connectivity index (χ3v) is 6.10. The molecule has 0 radical (unpaired) electrons. The molecule has 0 saturated heterocycles. The van der Waals surface area contributed by atoms with Gasteiger partial charge in [-0.2, -0.15) is 18.3 Å². The molecule has 0 spiro atoms. The molecule has 0 aliphatic carbocycles. The number of rotatable bonds is 12. The number of carbonyl (C=O) groups is 1. The van der Waals surface area contributed by atoms with E-state index in [9.17, 15) is 28.1 Å². The molecule has 1 N–H and O–H groups in total. The maximum Gasteiger partial charge on any atom is 0.416 e. The molecule has 41 heavy (non-hydrogen) atoms. The average Bonchev–Trinajstić information content (AvgIpc) is 2.93. The Balaban J connectivity index is 1.83. The summed E-state index contributed by atoms with van der Waals surface area (Å²) in [5.41, 5.74) is 1.15. The molecule has 14 heteroatoms. The highest BCUT2D eigenvalue weighted by atomic mass is 127. The lowest BCUT2D eigenvalue weighted by atomic mass is 10.1. The number of ether oxygens (including phenoxy) is 4. The van der Waals surface area contributed by atoms with Crippen LogP contribution in [0.4, 0.5) is 18.9 Å². The van der Waals surface area contributed by atoms with Gasteiger partial charge >= 0.3 is 11.9 Å². The fourth-order valence-corrected chi connectivity index (χ4v) is 4.16. The minimum absolute atomic E-state index is 0.0639. The van der Waals surface area contributed by atoms with E-state index >= 15 is 0 Å². The molecule has 0 unspecified atom stereocenters. The molecule has 0 aliphatic rings. The van der Waals surface area contributed by atoms with E-state index in [2.05, 4.69) is 10.5 Å². The lowest BCUT2D eigenvalue weighted by Crippen LogP contribution is -2.17. The Hall–Kier alpha value is -4.08. The van der Waals surface area contributed by atoms with Crippen LogP contribution in [0.1, 0.15) is 41.8 Å². The molecule has 1 amide bonds. The molecule has 3 rings (SSSR count). The molecule has 0 saturated carbocycles. The zero-order valence-electron chi connectivity index (χ0n) is 22.1. The van der Waals surface area contributed by atoms with Gasteiger partial charge in [-0.05, 0) is 84.0 Å². The number of nitrogens with zero attached hydrogens (tertiary/aromatic N) is 2. The summed E-state index contributed by atoms with van der Waals surface area (Å²) in [5, 5.41) is 15.5. The minimum atomic E-state index is -4.76. The van der Waals surface area contributed by atoms with Gasteiger partial charge in [-0.3, -0.25) is 14.9 Å². The van der Waals surface area contributed by atoms with Crippen molar-refractivity contribution in [2.45, 2.75) is 26.4 Å². The van der Waals surface area contributed by atoms with Crippen molar-refractivity contribution in [3.8, 4) is 28.7 Å². The Labute approximate surface area is 246 Å². The normalized spacial score (nSPS) is 11.3. The number of benzene rings is 3. The number of halogens is 4. The fourth-order valence-electron chi connectivity index (χ4n) is 3.43. The summed E-state index contributed by atoms with van der Waals surface area (Å²) >= 11 is 1.89. The average molecular weight is 687 g/mol. The second-order valence-corrected chi connectivity index (χ2v) is 9.38. The molecule has 3 aromatic rings. The van der Waals surface area contributed by atoms with Crippen LogP contribution in [0.2, 0.25) is 0 Å². The highest BCUT2D eigenvalue weighted by Gasteiger charge is 2.33. The summed E-state index contributed by atoms with van der Waals surface area (Å²) in [7, 11) is 1.47. The molecule has 218 valence electrons. The van der Waals surface area contributed by atoms with E-state index in [1.807, 2.05) is 29.5 Å². The molecule has 3 aromatic carbocycles. The first-order valence-electron chi connectivity index (χ1n) is 12.1. The van der Waals surface area contributed by atoms with Gasteiger partial charge in [0.1, 0.15) is 0 Å². The van der Waals surface area contributed by atoms with Gasteiger partial charge in [0.15, 0.2) is 23.0 Å². The van der Waals surface area contributed by atoms with Gasteiger partial charge in [-0.15, -0.1) is 0 Å². The number of nitrogens with one attached hydrogen (secondary N) is 1. The summed E-state index contributed by atoms with van der Waals surface area (Å²) in [6.07, 6.45) is -2.60. The summed E-state index contributed by atoms with van der Waals surface area (Å²) in [6.45, 7) is 4.36. The lowest BCUT2D eigenvalue weighted by molar-refractivity contribution is -0.385. The lowest BCUT2D eigenvalue weighted by Gasteiger charge is -2.15. The second-order valence-electron chi connectivity index (χ2n) is 8.22. The van der Waals surface area contributed by atoms with Gasteiger partial charge in [-0.25, -0.2) is 5.43 Å². The quantitative estimate of drug-likeness (QED) is 0.0945. The molecule has 0 fully saturated rings. The van der Waals surface area contributed by atoms with Gasteiger partial charge in [0.2, 0.25) is 5.75 Å². The smallest absolute Gasteiger partial charge is 0.416 e. The van der Waals surface area contributed by atoms with E-state index in [4.69, 9.17) is 18.9 Å². The van der Waals surface area contributed by atoms with E-state index in [1.165, 1.54) is 25.5 Å². The zero-order chi connectivity index (χ0) is 30.2. The first-order valence-corrected chi connectivity index (χ1v) is 13.2. The number of hydrogen-bond acceptors (Lipinski definition) is 8. The van der Waals surface area contributed by atoms with E-state index in [0.717, 1.165) is 12.5 Å². The Morgan fingerprint density at radius 1 is 1.05 bits per heavy atom. The molecule has 0 heterocycles. The van der Waals surface area contributed by atoms with Gasteiger partial charge < -0.3 is 18.9 Å². The molecule has 10 nitrogen and oxygen atoms in total.